The van der Waals surface area contributed by atoms with E-state index in [4.69, 9.17) is 4.74 Å². The lowest BCUT2D eigenvalue weighted by Gasteiger charge is -2.38. The van der Waals surface area contributed by atoms with Crippen LogP contribution >= 0.6 is 24.8 Å². The zero-order chi connectivity index (χ0) is 15.5. The van der Waals surface area contributed by atoms with Gasteiger partial charge in [0.1, 0.15) is 5.75 Å². The third-order valence-corrected chi connectivity index (χ3v) is 4.97. The maximum absolute atomic E-state index is 5.42. The Morgan fingerprint density at radius 2 is 1.92 bits per heavy atom. The van der Waals surface area contributed by atoms with E-state index < -0.39 is 0 Å². The normalized spacial score (nSPS) is 17.6. The van der Waals surface area contributed by atoms with Crippen LogP contribution in [0.2, 0.25) is 0 Å². The third-order valence-electron chi connectivity index (χ3n) is 4.97. The molecule has 1 aliphatic heterocycles. The molecule has 0 radical (unpaired) electrons. The minimum atomic E-state index is 0. The maximum Gasteiger partial charge on any atom is 0.119 e. The molecule has 2 N–H and O–H groups in total. The average molecular weight is 374 g/mol. The molecule has 24 heavy (non-hydrogen) atoms. The van der Waals surface area contributed by atoms with E-state index in [9.17, 15) is 0 Å². The van der Waals surface area contributed by atoms with Crippen LogP contribution in [0.15, 0.2) is 24.4 Å². The summed E-state index contributed by atoms with van der Waals surface area (Å²) in [6, 6.07) is 6.76. The fourth-order valence-electron chi connectivity index (χ4n) is 3.54. The molecule has 0 saturated carbocycles. The summed E-state index contributed by atoms with van der Waals surface area (Å²) in [5, 5.41) is 4.75. The molecule has 1 unspecified atom stereocenters. The van der Waals surface area contributed by atoms with Gasteiger partial charge in [0.15, 0.2) is 0 Å². The van der Waals surface area contributed by atoms with Gasteiger partial charge in [-0.2, -0.15) is 0 Å². The largest absolute Gasteiger partial charge is 0.497 e. The Balaban J connectivity index is 0.00000144. The van der Waals surface area contributed by atoms with Crippen molar-refractivity contribution in [1.82, 2.24) is 15.2 Å². The lowest BCUT2D eigenvalue weighted by Crippen LogP contribution is -2.46. The highest BCUT2D eigenvalue weighted by atomic mass is 35.5. The van der Waals surface area contributed by atoms with Gasteiger partial charge in [0, 0.05) is 49.3 Å². The first-order valence-corrected chi connectivity index (χ1v) is 8.34. The van der Waals surface area contributed by atoms with Gasteiger partial charge >= 0.3 is 0 Å². The molecule has 136 valence electrons. The topological polar surface area (TPSA) is 40.3 Å². The number of ether oxygens (including phenoxy) is 1. The highest BCUT2D eigenvalue weighted by Crippen LogP contribution is 2.36. The molecular formula is C18H29Cl2N3O. The number of fused-ring (bicyclic) bond motifs is 1. The molecule has 1 saturated heterocycles. The van der Waals surface area contributed by atoms with Gasteiger partial charge in [0.05, 0.1) is 7.11 Å². The zero-order valence-electron chi connectivity index (χ0n) is 14.7. The first-order chi connectivity index (χ1) is 10.7. The number of nitrogens with one attached hydrogen (secondary N) is 2. The highest BCUT2D eigenvalue weighted by Gasteiger charge is 2.28. The van der Waals surface area contributed by atoms with E-state index in [0.717, 1.165) is 31.9 Å². The van der Waals surface area contributed by atoms with Crippen molar-refractivity contribution in [3.05, 3.63) is 30.0 Å². The van der Waals surface area contributed by atoms with Crippen molar-refractivity contribution in [1.29, 1.82) is 0 Å². The van der Waals surface area contributed by atoms with E-state index in [-0.39, 0.29) is 24.8 Å². The number of benzene rings is 1. The molecule has 1 aliphatic rings. The van der Waals surface area contributed by atoms with Gasteiger partial charge in [-0.25, -0.2) is 0 Å². The second-order valence-corrected chi connectivity index (χ2v) is 6.27. The number of piperazine rings is 1. The van der Waals surface area contributed by atoms with Crippen LogP contribution in [-0.4, -0.2) is 43.2 Å². The fourth-order valence-corrected chi connectivity index (χ4v) is 3.54. The Morgan fingerprint density at radius 1 is 1.21 bits per heavy atom. The Morgan fingerprint density at radius 3 is 2.54 bits per heavy atom. The van der Waals surface area contributed by atoms with Crippen LogP contribution in [0.4, 0.5) is 0 Å². The summed E-state index contributed by atoms with van der Waals surface area (Å²) in [5.41, 5.74) is 2.60. The Kier molecular flexibility index (Phi) is 8.37. The number of hydrogen-bond donors (Lipinski definition) is 2. The fraction of sp³-hybridized carbons (Fsp3) is 0.556. The van der Waals surface area contributed by atoms with E-state index in [1.165, 1.54) is 22.9 Å². The van der Waals surface area contributed by atoms with E-state index in [2.05, 4.69) is 47.4 Å². The monoisotopic (exact) mass is 373 g/mol. The van der Waals surface area contributed by atoms with Gasteiger partial charge < -0.3 is 15.0 Å². The molecule has 1 aromatic carbocycles. The summed E-state index contributed by atoms with van der Waals surface area (Å²) in [4.78, 5) is 6.07. The second-order valence-electron chi connectivity index (χ2n) is 6.27. The van der Waals surface area contributed by atoms with Crippen molar-refractivity contribution >= 4 is 35.7 Å². The summed E-state index contributed by atoms with van der Waals surface area (Å²) >= 11 is 0. The van der Waals surface area contributed by atoms with Gasteiger partial charge in [0.2, 0.25) is 0 Å². The molecule has 4 nitrogen and oxygen atoms in total. The number of nitrogens with zero attached hydrogens (tertiary/aromatic N) is 1. The van der Waals surface area contributed by atoms with Gasteiger partial charge in [0.25, 0.3) is 0 Å². The van der Waals surface area contributed by atoms with Crippen molar-refractivity contribution in [2.75, 3.05) is 33.3 Å². The number of hydrogen-bond acceptors (Lipinski definition) is 3. The molecule has 0 amide bonds. The summed E-state index contributed by atoms with van der Waals surface area (Å²) in [6.07, 6.45) is 3.38. The van der Waals surface area contributed by atoms with Gasteiger partial charge in [-0.05, 0) is 29.7 Å². The minimum absolute atomic E-state index is 0. The van der Waals surface area contributed by atoms with Crippen molar-refractivity contribution in [2.24, 2.45) is 5.92 Å². The number of aromatic amines is 1. The van der Waals surface area contributed by atoms with Crippen LogP contribution in [0, 0.1) is 5.92 Å². The molecule has 3 rings (SSSR count). The molecule has 0 aliphatic carbocycles. The minimum Gasteiger partial charge on any atom is -0.497 e. The number of H-pyrrole nitrogens is 1. The van der Waals surface area contributed by atoms with Crippen molar-refractivity contribution < 1.29 is 4.74 Å². The van der Waals surface area contributed by atoms with Gasteiger partial charge in [-0.15, -0.1) is 24.8 Å². The molecule has 1 fully saturated rings. The first kappa shape index (κ1) is 21.1. The van der Waals surface area contributed by atoms with Crippen LogP contribution in [-0.2, 0) is 0 Å². The van der Waals surface area contributed by atoms with E-state index in [1.54, 1.807) is 7.11 Å². The zero-order valence-corrected chi connectivity index (χ0v) is 16.3. The Hall–Kier alpha value is -0.940. The number of aromatic nitrogens is 1. The van der Waals surface area contributed by atoms with Crippen LogP contribution in [0.3, 0.4) is 0 Å². The molecule has 0 bridgehead atoms. The van der Waals surface area contributed by atoms with Crippen LogP contribution in [0.1, 0.15) is 31.9 Å². The molecule has 1 aromatic heterocycles. The molecule has 2 heterocycles. The number of methoxy groups -OCH3 is 1. The van der Waals surface area contributed by atoms with Crippen LogP contribution < -0.4 is 10.1 Å². The second kappa shape index (κ2) is 9.52. The Bertz CT molecular complexity index is 626. The lowest BCUT2D eigenvalue weighted by atomic mass is 9.90. The standard InChI is InChI=1S/C18H27N3O.2ClH/c1-4-13(2)18(21-9-7-19-8-10-21)16-12-20-17-6-5-14(22-3)11-15(16)17;;/h5-6,11-13,18-20H,4,7-10H2,1-3H3;2*1H/t13?,18-;;/m1../s1. The van der Waals surface area contributed by atoms with Crippen LogP contribution in [0.25, 0.3) is 10.9 Å². The number of halogens is 2. The van der Waals surface area contributed by atoms with E-state index in [1.807, 2.05) is 6.07 Å². The molecule has 6 heteroatoms. The first-order valence-electron chi connectivity index (χ1n) is 8.34. The third kappa shape index (κ3) is 4.17. The molecule has 2 atom stereocenters. The molecular weight excluding hydrogens is 345 g/mol. The summed E-state index contributed by atoms with van der Waals surface area (Å²) in [5.74, 6) is 1.56. The molecule has 0 spiro atoms. The number of rotatable bonds is 5. The van der Waals surface area contributed by atoms with Gasteiger partial charge in [-0.1, -0.05) is 20.3 Å². The van der Waals surface area contributed by atoms with Crippen molar-refractivity contribution in [3.8, 4) is 5.75 Å². The lowest BCUT2D eigenvalue weighted by molar-refractivity contribution is 0.129. The quantitative estimate of drug-likeness (QED) is 0.831. The smallest absolute Gasteiger partial charge is 0.119 e. The predicted molar refractivity (Wildman–Crippen MR) is 106 cm³/mol. The van der Waals surface area contributed by atoms with Crippen LogP contribution in [0.5, 0.6) is 5.75 Å². The van der Waals surface area contributed by atoms with Crippen molar-refractivity contribution in [2.45, 2.75) is 26.3 Å². The van der Waals surface area contributed by atoms with E-state index in [0.29, 0.717) is 12.0 Å². The summed E-state index contributed by atoms with van der Waals surface area (Å²) in [7, 11) is 1.73. The van der Waals surface area contributed by atoms with Gasteiger partial charge in [-0.3, -0.25) is 4.90 Å². The van der Waals surface area contributed by atoms with E-state index >= 15 is 0 Å². The summed E-state index contributed by atoms with van der Waals surface area (Å²) in [6.45, 7) is 9.05. The predicted octanol–water partition coefficient (Wildman–Crippen LogP) is 4.01. The van der Waals surface area contributed by atoms with Crippen molar-refractivity contribution in [3.63, 3.8) is 0 Å². The maximum atomic E-state index is 5.42. The Labute approximate surface area is 157 Å². The SMILES string of the molecule is CCC(C)[C@H](c1c[nH]c2ccc(OC)cc12)N1CCNCC1.Cl.Cl. The summed E-state index contributed by atoms with van der Waals surface area (Å²) < 4.78 is 5.42. The highest BCUT2D eigenvalue weighted by molar-refractivity contribution is 5.86. The average Bonchev–Trinajstić information content (AvgIpc) is 2.98. The molecule has 2 aromatic rings.